The summed E-state index contributed by atoms with van der Waals surface area (Å²) >= 11 is 3.27. The van der Waals surface area contributed by atoms with Crippen molar-refractivity contribution in [3.8, 4) is 11.3 Å². The van der Waals surface area contributed by atoms with Gasteiger partial charge in [-0.15, -0.1) is 0 Å². The molecule has 1 aromatic heterocycles. The predicted molar refractivity (Wildman–Crippen MR) is 64.4 cm³/mol. The maximum atomic E-state index is 13.6. The zero-order chi connectivity index (χ0) is 12.4. The number of H-pyrrole nitrogens is 1. The van der Waals surface area contributed by atoms with E-state index in [9.17, 15) is 8.78 Å². The van der Waals surface area contributed by atoms with Crippen LogP contribution in [0.1, 0.15) is 5.82 Å². The van der Waals surface area contributed by atoms with Gasteiger partial charge in [-0.3, -0.25) is 0 Å². The van der Waals surface area contributed by atoms with Crippen molar-refractivity contribution in [2.45, 2.75) is 6.54 Å². The Morgan fingerprint density at radius 2 is 2.18 bits per heavy atom. The summed E-state index contributed by atoms with van der Waals surface area (Å²) in [5.41, 5.74) is 0.699. The number of hydrogen-bond donors (Lipinski definition) is 2. The molecule has 17 heavy (non-hydrogen) atoms. The molecule has 2 aromatic rings. The Balaban J connectivity index is 2.45. The largest absolute Gasteiger partial charge is 0.335 e. The van der Waals surface area contributed by atoms with Crippen LogP contribution in [0.25, 0.3) is 11.3 Å². The van der Waals surface area contributed by atoms with E-state index in [1.54, 1.807) is 7.05 Å². The van der Waals surface area contributed by atoms with Crippen molar-refractivity contribution >= 4 is 15.9 Å². The maximum Gasteiger partial charge on any atom is 0.135 e. The molecule has 90 valence electrons. The summed E-state index contributed by atoms with van der Waals surface area (Å²) in [5.74, 6) is -0.556. The molecule has 0 radical (unpaired) electrons. The van der Waals surface area contributed by atoms with Crippen LogP contribution in [0, 0.1) is 11.6 Å². The summed E-state index contributed by atoms with van der Waals surface area (Å²) in [6.45, 7) is 0.543. The van der Waals surface area contributed by atoms with E-state index in [0.717, 1.165) is 6.07 Å². The third-order valence-corrected chi connectivity index (χ3v) is 2.81. The smallest absolute Gasteiger partial charge is 0.135 e. The van der Waals surface area contributed by atoms with E-state index < -0.39 is 11.6 Å². The van der Waals surface area contributed by atoms with Crippen LogP contribution in [0.2, 0.25) is 0 Å². The zero-order valence-electron chi connectivity index (χ0n) is 9.02. The summed E-state index contributed by atoms with van der Waals surface area (Å²) in [6.07, 6.45) is 0. The molecule has 3 nitrogen and oxygen atoms in total. The third kappa shape index (κ3) is 2.53. The highest BCUT2D eigenvalue weighted by atomic mass is 79.9. The molecule has 0 spiro atoms. The van der Waals surface area contributed by atoms with Crippen LogP contribution in [0.5, 0.6) is 0 Å². The first-order valence-corrected chi connectivity index (χ1v) is 5.75. The standard InChI is InChI=1S/C11H10BrF2N3/c1-15-5-9-16-10(11(12)17-9)7-3-2-6(13)4-8(7)14/h2-4,15H,5H2,1H3,(H,16,17). The van der Waals surface area contributed by atoms with Crippen molar-refractivity contribution in [3.05, 3.63) is 40.3 Å². The minimum absolute atomic E-state index is 0.261. The molecule has 2 rings (SSSR count). The summed E-state index contributed by atoms with van der Waals surface area (Å²) in [4.78, 5) is 7.20. The van der Waals surface area contributed by atoms with Crippen molar-refractivity contribution in [3.63, 3.8) is 0 Å². The number of aromatic nitrogens is 2. The van der Waals surface area contributed by atoms with Crippen LogP contribution in [-0.4, -0.2) is 17.0 Å². The Kier molecular flexibility index (Phi) is 3.54. The Morgan fingerprint density at radius 3 is 2.82 bits per heavy atom. The second-order valence-corrected chi connectivity index (χ2v) is 4.29. The van der Waals surface area contributed by atoms with Gasteiger partial charge in [-0.25, -0.2) is 13.8 Å². The second kappa shape index (κ2) is 4.93. The van der Waals surface area contributed by atoms with E-state index in [1.165, 1.54) is 12.1 Å². The first-order valence-electron chi connectivity index (χ1n) is 4.96. The summed E-state index contributed by atoms with van der Waals surface area (Å²) in [5, 5.41) is 2.93. The van der Waals surface area contributed by atoms with Gasteiger partial charge in [0.25, 0.3) is 0 Å². The van der Waals surface area contributed by atoms with Gasteiger partial charge in [-0.2, -0.15) is 0 Å². The fourth-order valence-electron chi connectivity index (χ4n) is 1.51. The molecule has 0 unspecified atom stereocenters. The molecule has 1 aromatic carbocycles. The number of rotatable bonds is 3. The van der Waals surface area contributed by atoms with Gasteiger partial charge in [0, 0.05) is 11.6 Å². The Morgan fingerprint density at radius 1 is 1.41 bits per heavy atom. The Hall–Kier alpha value is -1.27. The minimum Gasteiger partial charge on any atom is -0.335 e. The number of aromatic amines is 1. The van der Waals surface area contributed by atoms with Crippen molar-refractivity contribution in [2.75, 3.05) is 7.05 Å². The molecule has 0 aliphatic heterocycles. The topological polar surface area (TPSA) is 40.7 Å². The molecule has 0 aliphatic rings. The Bertz CT molecular complexity index is 540. The number of benzene rings is 1. The van der Waals surface area contributed by atoms with E-state index in [0.29, 0.717) is 22.7 Å². The number of nitrogens with zero attached hydrogens (tertiary/aromatic N) is 1. The first kappa shape index (κ1) is 12.2. The van der Waals surface area contributed by atoms with E-state index in [-0.39, 0.29) is 5.56 Å². The van der Waals surface area contributed by atoms with Crippen molar-refractivity contribution in [1.29, 1.82) is 0 Å². The lowest BCUT2D eigenvalue weighted by Gasteiger charge is -2.00. The van der Waals surface area contributed by atoms with Crippen LogP contribution in [0.4, 0.5) is 8.78 Å². The van der Waals surface area contributed by atoms with Crippen LogP contribution < -0.4 is 5.32 Å². The van der Waals surface area contributed by atoms with E-state index >= 15 is 0 Å². The Labute approximate surface area is 105 Å². The lowest BCUT2D eigenvalue weighted by Crippen LogP contribution is -2.06. The van der Waals surface area contributed by atoms with Crippen molar-refractivity contribution < 1.29 is 8.78 Å². The quantitative estimate of drug-likeness (QED) is 0.915. The van der Waals surface area contributed by atoms with Crippen LogP contribution in [0.3, 0.4) is 0 Å². The minimum atomic E-state index is -0.631. The van der Waals surface area contributed by atoms with Crippen molar-refractivity contribution in [2.24, 2.45) is 0 Å². The fourth-order valence-corrected chi connectivity index (χ4v) is 2.04. The molecule has 0 atom stereocenters. The molecule has 6 heteroatoms. The molecule has 0 fully saturated rings. The highest BCUT2D eigenvalue weighted by molar-refractivity contribution is 9.10. The van der Waals surface area contributed by atoms with Gasteiger partial charge >= 0.3 is 0 Å². The molecule has 0 bridgehead atoms. The number of hydrogen-bond acceptors (Lipinski definition) is 2. The van der Waals surface area contributed by atoms with E-state index in [4.69, 9.17) is 0 Å². The molecular formula is C11H10BrF2N3. The molecular weight excluding hydrogens is 292 g/mol. The van der Waals surface area contributed by atoms with E-state index in [2.05, 4.69) is 31.2 Å². The average Bonchev–Trinajstić information content (AvgIpc) is 2.60. The third-order valence-electron chi connectivity index (χ3n) is 2.24. The lowest BCUT2D eigenvalue weighted by molar-refractivity contribution is 0.585. The number of halogens is 3. The van der Waals surface area contributed by atoms with Crippen LogP contribution in [0.15, 0.2) is 22.8 Å². The monoisotopic (exact) mass is 301 g/mol. The van der Waals surface area contributed by atoms with Crippen molar-refractivity contribution in [1.82, 2.24) is 15.3 Å². The van der Waals surface area contributed by atoms with Crippen LogP contribution >= 0.6 is 15.9 Å². The SMILES string of the molecule is CNCc1nc(-c2ccc(F)cc2F)c(Br)[nH]1. The lowest BCUT2D eigenvalue weighted by atomic mass is 10.1. The van der Waals surface area contributed by atoms with E-state index in [1.807, 2.05) is 0 Å². The summed E-state index contributed by atoms with van der Waals surface area (Å²) in [7, 11) is 1.79. The van der Waals surface area contributed by atoms with Gasteiger partial charge in [0.15, 0.2) is 0 Å². The number of nitrogens with one attached hydrogen (secondary N) is 2. The highest BCUT2D eigenvalue weighted by Gasteiger charge is 2.14. The maximum absolute atomic E-state index is 13.6. The van der Waals surface area contributed by atoms with Gasteiger partial charge in [0.05, 0.1) is 6.54 Å². The number of imidazole rings is 1. The molecule has 0 aliphatic carbocycles. The first-order chi connectivity index (χ1) is 8.11. The normalized spacial score (nSPS) is 10.8. The fraction of sp³-hybridized carbons (Fsp3) is 0.182. The molecule has 0 saturated carbocycles. The second-order valence-electron chi connectivity index (χ2n) is 3.50. The zero-order valence-corrected chi connectivity index (χ0v) is 10.6. The molecule has 2 N–H and O–H groups in total. The molecule has 0 saturated heterocycles. The average molecular weight is 302 g/mol. The van der Waals surface area contributed by atoms with Crippen LogP contribution in [-0.2, 0) is 6.54 Å². The van der Waals surface area contributed by atoms with Gasteiger partial charge < -0.3 is 10.3 Å². The summed E-state index contributed by atoms with van der Waals surface area (Å²) in [6, 6.07) is 3.42. The predicted octanol–water partition coefficient (Wildman–Crippen LogP) is 2.84. The van der Waals surface area contributed by atoms with Gasteiger partial charge in [0.1, 0.15) is 27.8 Å². The molecule has 0 amide bonds. The molecule has 1 heterocycles. The summed E-state index contributed by atoms with van der Waals surface area (Å²) < 4.78 is 27.0. The van der Waals surface area contributed by atoms with Gasteiger partial charge in [0.2, 0.25) is 0 Å². The van der Waals surface area contributed by atoms with Gasteiger partial charge in [-0.1, -0.05) is 0 Å². The van der Waals surface area contributed by atoms with Gasteiger partial charge in [-0.05, 0) is 35.1 Å². The highest BCUT2D eigenvalue weighted by Crippen LogP contribution is 2.28.